The minimum Gasteiger partial charge on any atom is -0.350 e. The topological polar surface area (TPSA) is 59.8 Å². The molecule has 1 atom stereocenters. The molecule has 1 N–H and O–H groups in total. The number of nitrogens with zero attached hydrogens (tertiary/aromatic N) is 3. The summed E-state index contributed by atoms with van der Waals surface area (Å²) >= 11 is 2.98. The highest BCUT2D eigenvalue weighted by molar-refractivity contribution is 8.00. The highest BCUT2D eigenvalue weighted by atomic mass is 32.2. The van der Waals surface area contributed by atoms with Crippen LogP contribution in [0.5, 0.6) is 0 Å². The van der Waals surface area contributed by atoms with E-state index in [1.54, 1.807) is 22.3 Å². The van der Waals surface area contributed by atoms with Gasteiger partial charge in [0.25, 0.3) is 0 Å². The summed E-state index contributed by atoms with van der Waals surface area (Å²) < 4.78 is 1.71. The third-order valence-electron chi connectivity index (χ3n) is 3.16. The Labute approximate surface area is 142 Å². The van der Waals surface area contributed by atoms with Crippen molar-refractivity contribution in [1.29, 1.82) is 0 Å². The SMILES string of the molecule is CC(Sc1ncn(-c2ccccc2)n1)C(=O)NCc1cccs1. The number of hydrogen-bond acceptors (Lipinski definition) is 5. The van der Waals surface area contributed by atoms with Crippen molar-refractivity contribution in [3.8, 4) is 5.69 Å². The predicted molar refractivity (Wildman–Crippen MR) is 92.8 cm³/mol. The summed E-state index contributed by atoms with van der Waals surface area (Å²) in [6, 6.07) is 13.8. The molecule has 0 saturated carbocycles. The molecule has 0 spiro atoms. The number of carbonyl (C=O) groups excluding carboxylic acids is 1. The number of amides is 1. The zero-order chi connectivity index (χ0) is 16.1. The lowest BCUT2D eigenvalue weighted by molar-refractivity contribution is -0.120. The van der Waals surface area contributed by atoms with Gasteiger partial charge in [-0.1, -0.05) is 36.0 Å². The number of thioether (sulfide) groups is 1. The van der Waals surface area contributed by atoms with Crippen LogP contribution in [0.25, 0.3) is 5.69 Å². The van der Waals surface area contributed by atoms with Crippen molar-refractivity contribution in [3.05, 3.63) is 59.0 Å². The molecule has 3 rings (SSSR count). The Morgan fingerprint density at radius 3 is 2.87 bits per heavy atom. The Morgan fingerprint density at radius 2 is 2.13 bits per heavy atom. The van der Waals surface area contributed by atoms with Crippen LogP contribution in [-0.4, -0.2) is 25.9 Å². The van der Waals surface area contributed by atoms with E-state index >= 15 is 0 Å². The van der Waals surface area contributed by atoms with Crippen LogP contribution in [0, 0.1) is 0 Å². The van der Waals surface area contributed by atoms with Crippen molar-refractivity contribution < 1.29 is 4.79 Å². The number of para-hydroxylation sites is 1. The molecule has 7 heteroatoms. The fourth-order valence-corrected chi connectivity index (χ4v) is 3.34. The first-order valence-corrected chi connectivity index (χ1v) is 8.92. The summed E-state index contributed by atoms with van der Waals surface area (Å²) in [6.07, 6.45) is 1.66. The van der Waals surface area contributed by atoms with Crippen LogP contribution >= 0.6 is 23.1 Å². The second-order valence-electron chi connectivity index (χ2n) is 4.86. The lowest BCUT2D eigenvalue weighted by Gasteiger charge is -2.09. The summed E-state index contributed by atoms with van der Waals surface area (Å²) in [5, 5.41) is 9.68. The van der Waals surface area contributed by atoms with Crippen molar-refractivity contribution in [2.75, 3.05) is 0 Å². The molecular weight excluding hydrogens is 328 g/mol. The highest BCUT2D eigenvalue weighted by Gasteiger charge is 2.16. The van der Waals surface area contributed by atoms with E-state index in [1.807, 2.05) is 54.8 Å². The number of thiophene rings is 1. The summed E-state index contributed by atoms with van der Waals surface area (Å²) in [7, 11) is 0. The number of nitrogens with one attached hydrogen (secondary N) is 1. The van der Waals surface area contributed by atoms with Gasteiger partial charge in [-0.15, -0.1) is 16.4 Å². The molecule has 1 aromatic carbocycles. The van der Waals surface area contributed by atoms with Crippen molar-refractivity contribution in [3.63, 3.8) is 0 Å². The van der Waals surface area contributed by atoms with Gasteiger partial charge in [-0.25, -0.2) is 9.67 Å². The van der Waals surface area contributed by atoms with E-state index in [1.165, 1.54) is 11.8 Å². The highest BCUT2D eigenvalue weighted by Crippen LogP contribution is 2.20. The lowest BCUT2D eigenvalue weighted by atomic mass is 10.3. The van der Waals surface area contributed by atoms with Gasteiger partial charge < -0.3 is 5.32 Å². The predicted octanol–water partition coefficient (Wildman–Crippen LogP) is 3.13. The van der Waals surface area contributed by atoms with Gasteiger partial charge in [0, 0.05) is 4.88 Å². The van der Waals surface area contributed by atoms with Crippen molar-refractivity contribution in [2.45, 2.75) is 23.9 Å². The van der Waals surface area contributed by atoms with Gasteiger partial charge in [-0.2, -0.15) is 0 Å². The first-order valence-electron chi connectivity index (χ1n) is 7.16. The molecule has 0 aliphatic carbocycles. The summed E-state index contributed by atoms with van der Waals surface area (Å²) in [4.78, 5) is 17.5. The summed E-state index contributed by atoms with van der Waals surface area (Å²) in [6.45, 7) is 2.42. The molecule has 0 bridgehead atoms. The van der Waals surface area contributed by atoms with Gasteiger partial charge in [-0.05, 0) is 30.5 Å². The molecule has 2 heterocycles. The van der Waals surface area contributed by atoms with Gasteiger partial charge in [0.2, 0.25) is 11.1 Å². The van der Waals surface area contributed by atoms with Crippen LogP contribution in [-0.2, 0) is 11.3 Å². The van der Waals surface area contributed by atoms with E-state index < -0.39 is 0 Å². The molecule has 5 nitrogen and oxygen atoms in total. The summed E-state index contributed by atoms with van der Waals surface area (Å²) in [5.74, 6) is -0.0144. The molecular formula is C16H16N4OS2. The molecule has 118 valence electrons. The van der Waals surface area contributed by atoms with Crippen LogP contribution in [0.2, 0.25) is 0 Å². The van der Waals surface area contributed by atoms with Crippen molar-refractivity contribution in [2.24, 2.45) is 0 Å². The zero-order valence-corrected chi connectivity index (χ0v) is 14.2. The first kappa shape index (κ1) is 15.8. The monoisotopic (exact) mass is 344 g/mol. The van der Waals surface area contributed by atoms with Crippen LogP contribution in [0.15, 0.2) is 59.3 Å². The molecule has 0 aliphatic rings. The Hall–Kier alpha value is -2.12. The Morgan fingerprint density at radius 1 is 1.30 bits per heavy atom. The zero-order valence-electron chi connectivity index (χ0n) is 12.5. The number of hydrogen-bond donors (Lipinski definition) is 1. The Bertz CT molecular complexity index is 756. The number of benzene rings is 1. The molecule has 23 heavy (non-hydrogen) atoms. The van der Waals surface area contributed by atoms with Gasteiger partial charge in [0.15, 0.2) is 0 Å². The van der Waals surface area contributed by atoms with E-state index in [0.717, 1.165) is 10.6 Å². The average Bonchev–Trinajstić information content (AvgIpc) is 3.25. The molecule has 0 aliphatic heterocycles. The van der Waals surface area contributed by atoms with E-state index in [-0.39, 0.29) is 11.2 Å². The Balaban J connectivity index is 1.56. The molecule has 0 saturated heterocycles. The number of aromatic nitrogens is 3. The standard InChI is InChI=1S/C16H16N4OS2/c1-12(15(21)17-10-14-8-5-9-22-14)23-16-18-11-20(19-16)13-6-3-2-4-7-13/h2-9,11-12H,10H2,1H3,(H,17,21). The van der Waals surface area contributed by atoms with E-state index in [0.29, 0.717) is 11.7 Å². The van der Waals surface area contributed by atoms with E-state index in [4.69, 9.17) is 0 Å². The fourth-order valence-electron chi connectivity index (χ4n) is 1.95. The third kappa shape index (κ3) is 4.20. The van der Waals surface area contributed by atoms with Crippen molar-refractivity contribution in [1.82, 2.24) is 20.1 Å². The maximum Gasteiger partial charge on any atom is 0.233 e. The van der Waals surface area contributed by atoms with E-state index in [9.17, 15) is 4.79 Å². The van der Waals surface area contributed by atoms with Crippen LogP contribution in [0.1, 0.15) is 11.8 Å². The quantitative estimate of drug-likeness (QED) is 0.698. The summed E-state index contributed by atoms with van der Waals surface area (Å²) in [5.41, 5.74) is 0.946. The number of rotatable bonds is 6. The first-order chi connectivity index (χ1) is 11.2. The maximum atomic E-state index is 12.1. The Kier molecular flexibility index (Phi) is 5.09. The third-order valence-corrected chi connectivity index (χ3v) is 5.00. The molecule has 2 aromatic heterocycles. The smallest absolute Gasteiger partial charge is 0.233 e. The maximum absolute atomic E-state index is 12.1. The second kappa shape index (κ2) is 7.43. The number of carbonyl (C=O) groups is 1. The second-order valence-corrected chi connectivity index (χ2v) is 7.20. The van der Waals surface area contributed by atoms with Gasteiger partial charge >= 0.3 is 0 Å². The molecule has 1 amide bonds. The molecule has 0 radical (unpaired) electrons. The lowest BCUT2D eigenvalue weighted by Crippen LogP contribution is -2.30. The fraction of sp³-hybridized carbons (Fsp3) is 0.188. The normalized spacial score (nSPS) is 12.0. The van der Waals surface area contributed by atoms with Gasteiger partial charge in [-0.3, -0.25) is 4.79 Å². The van der Waals surface area contributed by atoms with E-state index in [2.05, 4.69) is 15.4 Å². The van der Waals surface area contributed by atoms with Gasteiger partial charge in [0.05, 0.1) is 17.5 Å². The molecule has 0 fully saturated rings. The van der Waals surface area contributed by atoms with Crippen LogP contribution < -0.4 is 5.32 Å². The molecule has 1 unspecified atom stereocenters. The average molecular weight is 344 g/mol. The van der Waals surface area contributed by atoms with Crippen LogP contribution in [0.3, 0.4) is 0 Å². The minimum absolute atomic E-state index is 0.0144. The van der Waals surface area contributed by atoms with Crippen LogP contribution in [0.4, 0.5) is 0 Å². The minimum atomic E-state index is -0.249. The van der Waals surface area contributed by atoms with Crippen molar-refractivity contribution >= 4 is 29.0 Å². The largest absolute Gasteiger partial charge is 0.350 e. The van der Waals surface area contributed by atoms with Gasteiger partial charge in [0.1, 0.15) is 6.33 Å². The molecule has 3 aromatic rings.